The molecule has 1 unspecified atom stereocenters. The van der Waals surface area contributed by atoms with Crippen molar-refractivity contribution in [3.63, 3.8) is 0 Å². The molecule has 1 rings (SSSR count). The van der Waals surface area contributed by atoms with Gasteiger partial charge >= 0.3 is 5.97 Å². The Kier molecular flexibility index (Phi) is 4.89. The van der Waals surface area contributed by atoms with Gasteiger partial charge in [-0.25, -0.2) is 0 Å². The summed E-state index contributed by atoms with van der Waals surface area (Å²) in [6, 6.07) is 7.42. The molecule has 0 heterocycles. The number of aryl methyl sites for hydroxylation is 1. The van der Waals surface area contributed by atoms with Crippen molar-refractivity contribution in [3.8, 4) is 0 Å². The van der Waals surface area contributed by atoms with Crippen LogP contribution in [0.15, 0.2) is 24.3 Å². The third-order valence-corrected chi connectivity index (χ3v) is 2.94. The highest BCUT2D eigenvalue weighted by atomic mass is 16.4. The van der Waals surface area contributed by atoms with E-state index in [1.165, 1.54) is 4.90 Å². The first-order valence-electron chi connectivity index (χ1n) is 6.03. The Bertz CT molecular complexity index is 442. The van der Waals surface area contributed by atoms with Gasteiger partial charge in [-0.15, -0.1) is 0 Å². The average molecular weight is 249 g/mol. The largest absolute Gasteiger partial charge is 0.481 e. The fraction of sp³-hybridized carbons (Fsp3) is 0.429. The maximum atomic E-state index is 12.2. The van der Waals surface area contributed by atoms with E-state index < -0.39 is 11.9 Å². The van der Waals surface area contributed by atoms with Gasteiger partial charge in [0.25, 0.3) is 5.91 Å². The van der Waals surface area contributed by atoms with E-state index in [9.17, 15) is 9.59 Å². The van der Waals surface area contributed by atoms with Gasteiger partial charge in [0, 0.05) is 19.2 Å². The molecule has 0 fully saturated rings. The summed E-state index contributed by atoms with van der Waals surface area (Å²) in [5.41, 5.74) is 1.64. The maximum Gasteiger partial charge on any atom is 0.308 e. The van der Waals surface area contributed by atoms with E-state index >= 15 is 0 Å². The van der Waals surface area contributed by atoms with E-state index in [1.54, 1.807) is 20.0 Å². The van der Waals surface area contributed by atoms with Crippen LogP contribution in [0.4, 0.5) is 0 Å². The molecular weight excluding hydrogens is 230 g/mol. The van der Waals surface area contributed by atoms with Crippen LogP contribution in [0.1, 0.15) is 29.8 Å². The quantitative estimate of drug-likeness (QED) is 0.868. The van der Waals surface area contributed by atoms with Crippen LogP contribution in [0.3, 0.4) is 0 Å². The highest BCUT2D eigenvalue weighted by molar-refractivity contribution is 5.95. The molecule has 0 aliphatic carbocycles. The van der Waals surface area contributed by atoms with Crippen LogP contribution in [0, 0.1) is 5.92 Å². The average Bonchev–Trinajstić information content (AvgIpc) is 2.37. The van der Waals surface area contributed by atoms with Crippen LogP contribution in [-0.2, 0) is 11.2 Å². The summed E-state index contributed by atoms with van der Waals surface area (Å²) in [6.45, 7) is 3.80. The Balaban J connectivity index is 2.83. The number of nitrogens with zero attached hydrogens (tertiary/aromatic N) is 1. The number of carboxylic acid groups (broad SMARTS) is 1. The SMILES string of the molecule is CCc1ccccc1C(=O)N(C)CC(C)C(=O)O. The van der Waals surface area contributed by atoms with E-state index in [0.717, 1.165) is 12.0 Å². The number of carboxylic acids is 1. The van der Waals surface area contributed by atoms with Crippen molar-refractivity contribution in [1.29, 1.82) is 0 Å². The lowest BCUT2D eigenvalue weighted by atomic mass is 10.0. The number of aliphatic carboxylic acids is 1. The standard InChI is InChI=1S/C14H19NO3/c1-4-11-7-5-6-8-12(11)13(16)15(3)9-10(2)14(17)18/h5-8,10H,4,9H2,1-3H3,(H,17,18). The second-order valence-corrected chi connectivity index (χ2v) is 4.44. The summed E-state index contributed by atoms with van der Waals surface area (Å²) in [7, 11) is 1.63. The number of hydrogen-bond acceptors (Lipinski definition) is 2. The van der Waals surface area contributed by atoms with E-state index in [-0.39, 0.29) is 12.5 Å². The normalized spacial score (nSPS) is 11.9. The predicted octanol–water partition coefficient (Wildman–Crippen LogP) is 2.04. The predicted molar refractivity (Wildman–Crippen MR) is 69.6 cm³/mol. The van der Waals surface area contributed by atoms with E-state index in [2.05, 4.69) is 0 Å². The van der Waals surface area contributed by atoms with Crippen molar-refractivity contribution in [3.05, 3.63) is 35.4 Å². The number of rotatable bonds is 5. The topological polar surface area (TPSA) is 57.6 Å². The third-order valence-electron chi connectivity index (χ3n) is 2.94. The molecule has 1 aromatic rings. The molecule has 0 saturated carbocycles. The van der Waals surface area contributed by atoms with Gasteiger partial charge in [-0.3, -0.25) is 9.59 Å². The van der Waals surface area contributed by atoms with Gasteiger partial charge in [0.15, 0.2) is 0 Å². The van der Waals surface area contributed by atoms with E-state index in [4.69, 9.17) is 5.11 Å². The number of amides is 1. The third kappa shape index (κ3) is 3.32. The smallest absolute Gasteiger partial charge is 0.308 e. The van der Waals surface area contributed by atoms with Gasteiger partial charge in [-0.1, -0.05) is 32.0 Å². The number of carbonyl (C=O) groups excluding carboxylic acids is 1. The maximum absolute atomic E-state index is 12.2. The first kappa shape index (κ1) is 14.2. The summed E-state index contributed by atoms with van der Waals surface area (Å²) in [5.74, 6) is -1.58. The lowest BCUT2D eigenvalue weighted by Crippen LogP contribution is -2.34. The molecule has 1 atom stereocenters. The molecular formula is C14H19NO3. The summed E-state index contributed by atoms with van der Waals surface area (Å²) in [4.78, 5) is 24.5. The van der Waals surface area contributed by atoms with Gasteiger partial charge in [0.1, 0.15) is 0 Å². The second-order valence-electron chi connectivity index (χ2n) is 4.44. The lowest BCUT2D eigenvalue weighted by Gasteiger charge is -2.20. The molecule has 0 saturated heterocycles. The Morgan fingerprint density at radius 3 is 2.50 bits per heavy atom. The molecule has 1 amide bonds. The Hall–Kier alpha value is -1.84. The lowest BCUT2D eigenvalue weighted by molar-refractivity contribution is -0.141. The van der Waals surface area contributed by atoms with Crippen LogP contribution < -0.4 is 0 Å². The molecule has 18 heavy (non-hydrogen) atoms. The minimum atomic E-state index is -0.890. The Morgan fingerprint density at radius 1 is 1.33 bits per heavy atom. The zero-order valence-electron chi connectivity index (χ0n) is 11.0. The summed E-state index contributed by atoms with van der Waals surface area (Å²) < 4.78 is 0. The van der Waals surface area contributed by atoms with Crippen LogP contribution in [0.2, 0.25) is 0 Å². The van der Waals surface area contributed by atoms with Crippen molar-refractivity contribution in [1.82, 2.24) is 4.90 Å². The zero-order chi connectivity index (χ0) is 13.7. The van der Waals surface area contributed by atoms with Crippen molar-refractivity contribution >= 4 is 11.9 Å². The molecule has 4 nitrogen and oxygen atoms in total. The first-order valence-corrected chi connectivity index (χ1v) is 6.03. The molecule has 98 valence electrons. The molecule has 0 spiro atoms. The van der Waals surface area contributed by atoms with Gasteiger partial charge in [0.05, 0.1) is 5.92 Å². The molecule has 0 radical (unpaired) electrons. The fourth-order valence-electron chi connectivity index (χ4n) is 1.81. The zero-order valence-corrected chi connectivity index (χ0v) is 11.0. The van der Waals surface area contributed by atoms with Gasteiger partial charge in [-0.05, 0) is 18.1 Å². The van der Waals surface area contributed by atoms with Crippen LogP contribution >= 0.6 is 0 Å². The van der Waals surface area contributed by atoms with E-state index in [1.807, 2.05) is 25.1 Å². The second kappa shape index (κ2) is 6.19. The van der Waals surface area contributed by atoms with Crippen LogP contribution in [-0.4, -0.2) is 35.5 Å². The molecule has 1 N–H and O–H groups in total. The highest BCUT2D eigenvalue weighted by Crippen LogP contribution is 2.12. The molecule has 1 aromatic carbocycles. The van der Waals surface area contributed by atoms with Gasteiger partial charge < -0.3 is 10.0 Å². The van der Waals surface area contributed by atoms with Crippen LogP contribution in [0.25, 0.3) is 0 Å². The van der Waals surface area contributed by atoms with Gasteiger partial charge in [0.2, 0.25) is 0 Å². The molecule has 0 aliphatic rings. The molecule has 0 aromatic heterocycles. The summed E-state index contributed by atoms with van der Waals surface area (Å²) >= 11 is 0. The number of benzene rings is 1. The monoisotopic (exact) mass is 249 g/mol. The van der Waals surface area contributed by atoms with Crippen LogP contribution in [0.5, 0.6) is 0 Å². The summed E-state index contributed by atoms with van der Waals surface area (Å²) in [6.07, 6.45) is 0.782. The van der Waals surface area contributed by atoms with E-state index in [0.29, 0.717) is 5.56 Å². The van der Waals surface area contributed by atoms with Gasteiger partial charge in [-0.2, -0.15) is 0 Å². The van der Waals surface area contributed by atoms with Crippen molar-refractivity contribution in [2.45, 2.75) is 20.3 Å². The molecule has 0 aliphatic heterocycles. The first-order chi connectivity index (χ1) is 8.47. The Labute approximate surface area is 107 Å². The minimum Gasteiger partial charge on any atom is -0.481 e. The fourth-order valence-corrected chi connectivity index (χ4v) is 1.81. The Morgan fingerprint density at radius 2 is 1.94 bits per heavy atom. The minimum absolute atomic E-state index is 0.124. The highest BCUT2D eigenvalue weighted by Gasteiger charge is 2.19. The summed E-state index contributed by atoms with van der Waals surface area (Å²) in [5, 5.41) is 8.85. The number of hydrogen-bond donors (Lipinski definition) is 1. The molecule has 0 bridgehead atoms. The molecule has 4 heteroatoms. The van der Waals surface area contributed by atoms with Crippen molar-refractivity contribution in [2.24, 2.45) is 5.92 Å². The number of carbonyl (C=O) groups is 2. The van der Waals surface area contributed by atoms with Crippen molar-refractivity contribution in [2.75, 3.05) is 13.6 Å². The van der Waals surface area contributed by atoms with Crippen molar-refractivity contribution < 1.29 is 14.7 Å².